The molecule has 0 saturated heterocycles. The van der Waals surface area contributed by atoms with Gasteiger partial charge in [0, 0.05) is 13.0 Å². The van der Waals surface area contributed by atoms with Gasteiger partial charge in [-0.2, -0.15) is 0 Å². The van der Waals surface area contributed by atoms with Gasteiger partial charge in [0.15, 0.2) is 0 Å². The normalized spacial score (nSPS) is 16.3. The third-order valence-electron chi connectivity index (χ3n) is 3.85. The highest BCUT2D eigenvalue weighted by atomic mass is 16.2. The van der Waals surface area contributed by atoms with Gasteiger partial charge in [0.2, 0.25) is 5.91 Å². The Kier molecular flexibility index (Phi) is 4.77. The van der Waals surface area contributed by atoms with Crippen molar-refractivity contribution >= 4 is 17.4 Å². The summed E-state index contributed by atoms with van der Waals surface area (Å²) in [6.45, 7) is 2.64. The maximum atomic E-state index is 12.4. The van der Waals surface area contributed by atoms with Crippen LogP contribution < -0.4 is 10.6 Å². The Morgan fingerprint density at radius 2 is 2.11 bits per heavy atom. The molecule has 1 heterocycles. The lowest BCUT2D eigenvalue weighted by molar-refractivity contribution is -0.119. The van der Waals surface area contributed by atoms with Crippen LogP contribution in [0.1, 0.15) is 45.4 Å². The quantitative estimate of drug-likeness (QED) is 0.906. The van der Waals surface area contributed by atoms with Gasteiger partial charge in [0.1, 0.15) is 5.82 Å². The second-order valence-corrected chi connectivity index (χ2v) is 5.30. The van der Waals surface area contributed by atoms with Crippen LogP contribution in [0.3, 0.4) is 0 Å². The first-order valence-electron chi connectivity index (χ1n) is 7.22. The van der Waals surface area contributed by atoms with Crippen LogP contribution in [0, 0.1) is 5.92 Å². The molecule has 2 rings (SSSR count). The number of pyridine rings is 1. The first kappa shape index (κ1) is 13.8. The highest BCUT2D eigenvalue weighted by Crippen LogP contribution is 2.27. The molecule has 19 heavy (non-hydrogen) atoms. The Morgan fingerprint density at radius 1 is 1.37 bits per heavy atom. The summed E-state index contributed by atoms with van der Waals surface area (Å²) < 4.78 is 0. The van der Waals surface area contributed by atoms with Crippen molar-refractivity contribution in [2.75, 3.05) is 17.2 Å². The van der Waals surface area contributed by atoms with E-state index in [-0.39, 0.29) is 5.91 Å². The van der Waals surface area contributed by atoms with Crippen molar-refractivity contribution in [1.29, 1.82) is 0 Å². The summed E-state index contributed by atoms with van der Waals surface area (Å²) in [6, 6.07) is 3.61. The molecule has 0 unspecified atom stereocenters. The summed E-state index contributed by atoms with van der Waals surface area (Å²) in [5, 5.41) is 0. The summed E-state index contributed by atoms with van der Waals surface area (Å²) >= 11 is 0. The highest BCUT2D eigenvalue weighted by molar-refractivity contribution is 5.92. The molecule has 104 valence electrons. The minimum Gasteiger partial charge on any atom is -0.397 e. The lowest BCUT2D eigenvalue weighted by Gasteiger charge is -2.25. The number of anilines is 2. The molecular formula is C15H23N3O. The Morgan fingerprint density at radius 3 is 2.68 bits per heavy atom. The molecule has 0 atom stereocenters. The van der Waals surface area contributed by atoms with E-state index in [0.29, 0.717) is 30.4 Å². The summed E-state index contributed by atoms with van der Waals surface area (Å²) in [5.41, 5.74) is 6.25. The van der Waals surface area contributed by atoms with Crippen LogP contribution in [-0.4, -0.2) is 17.4 Å². The second kappa shape index (κ2) is 6.55. The van der Waals surface area contributed by atoms with Gasteiger partial charge in [-0.1, -0.05) is 19.3 Å². The zero-order valence-electron chi connectivity index (χ0n) is 11.6. The molecule has 1 aliphatic carbocycles. The van der Waals surface area contributed by atoms with E-state index in [9.17, 15) is 4.79 Å². The fourth-order valence-electron chi connectivity index (χ4n) is 2.77. The van der Waals surface area contributed by atoms with Gasteiger partial charge in [-0.25, -0.2) is 4.98 Å². The number of hydrogen-bond acceptors (Lipinski definition) is 3. The van der Waals surface area contributed by atoms with Crippen LogP contribution in [0.25, 0.3) is 0 Å². The molecule has 0 aliphatic heterocycles. The molecule has 0 aromatic carbocycles. The fourth-order valence-corrected chi connectivity index (χ4v) is 2.77. The fraction of sp³-hybridized carbons (Fsp3) is 0.600. The average Bonchev–Trinajstić information content (AvgIpc) is 2.43. The summed E-state index contributed by atoms with van der Waals surface area (Å²) in [7, 11) is 0. The van der Waals surface area contributed by atoms with E-state index >= 15 is 0 Å². The maximum absolute atomic E-state index is 12.4. The van der Waals surface area contributed by atoms with E-state index in [2.05, 4.69) is 4.98 Å². The zero-order valence-corrected chi connectivity index (χ0v) is 11.6. The monoisotopic (exact) mass is 261 g/mol. The van der Waals surface area contributed by atoms with E-state index in [4.69, 9.17) is 5.73 Å². The van der Waals surface area contributed by atoms with Crippen molar-refractivity contribution in [3.05, 3.63) is 18.3 Å². The predicted molar refractivity (Wildman–Crippen MR) is 77.9 cm³/mol. The van der Waals surface area contributed by atoms with Crippen molar-refractivity contribution in [2.45, 2.75) is 45.4 Å². The van der Waals surface area contributed by atoms with Gasteiger partial charge >= 0.3 is 0 Å². The lowest BCUT2D eigenvalue weighted by Crippen LogP contribution is -2.33. The number of hydrogen-bond donors (Lipinski definition) is 1. The van der Waals surface area contributed by atoms with Gasteiger partial charge in [-0.15, -0.1) is 0 Å². The first-order chi connectivity index (χ1) is 9.20. The number of nitrogens with two attached hydrogens (primary N) is 1. The molecule has 1 aliphatic rings. The van der Waals surface area contributed by atoms with E-state index in [0.717, 1.165) is 0 Å². The second-order valence-electron chi connectivity index (χ2n) is 5.30. The Bertz CT molecular complexity index is 410. The van der Waals surface area contributed by atoms with Crippen LogP contribution in [0.5, 0.6) is 0 Å². The Hall–Kier alpha value is -1.58. The van der Waals surface area contributed by atoms with Crippen LogP contribution in [-0.2, 0) is 4.79 Å². The van der Waals surface area contributed by atoms with Gasteiger partial charge in [-0.05, 0) is 37.8 Å². The van der Waals surface area contributed by atoms with Gasteiger partial charge in [-0.3, -0.25) is 9.69 Å². The molecule has 2 N–H and O–H groups in total. The minimum atomic E-state index is 0.187. The smallest absolute Gasteiger partial charge is 0.228 e. The van der Waals surface area contributed by atoms with Crippen molar-refractivity contribution in [3.63, 3.8) is 0 Å². The molecule has 0 bridgehead atoms. The third-order valence-corrected chi connectivity index (χ3v) is 3.85. The summed E-state index contributed by atoms with van der Waals surface area (Å²) in [6.07, 6.45) is 8.50. The molecular weight excluding hydrogens is 238 g/mol. The molecule has 1 fully saturated rings. The Balaban J connectivity index is 2.00. The topological polar surface area (TPSA) is 59.2 Å². The number of amides is 1. The van der Waals surface area contributed by atoms with E-state index in [1.807, 2.05) is 13.0 Å². The molecule has 0 spiro atoms. The summed E-state index contributed by atoms with van der Waals surface area (Å²) in [5.74, 6) is 1.45. The van der Waals surface area contributed by atoms with Gasteiger partial charge in [0.25, 0.3) is 0 Å². The SMILES string of the molecule is CCN(C(=O)CC1CCCCC1)c1ccc(N)cn1. The number of nitrogens with zero attached hydrogens (tertiary/aromatic N) is 2. The molecule has 4 nitrogen and oxygen atoms in total. The molecule has 1 amide bonds. The summed E-state index contributed by atoms with van der Waals surface area (Å²) in [4.78, 5) is 18.4. The van der Waals surface area contributed by atoms with Crippen LogP contribution in [0.4, 0.5) is 11.5 Å². The molecule has 4 heteroatoms. The number of aromatic nitrogens is 1. The van der Waals surface area contributed by atoms with Gasteiger partial charge in [0.05, 0.1) is 11.9 Å². The highest BCUT2D eigenvalue weighted by Gasteiger charge is 2.21. The number of carbonyl (C=O) groups excluding carboxylic acids is 1. The average molecular weight is 261 g/mol. The van der Waals surface area contributed by atoms with Crippen LogP contribution >= 0.6 is 0 Å². The standard InChI is InChI=1S/C15H23N3O/c1-2-18(14-9-8-13(16)11-17-14)15(19)10-12-6-4-3-5-7-12/h8-9,11-12H,2-7,10,16H2,1H3. The van der Waals surface area contributed by atoms with Crippen molar-refractivity contribution in [1.82, 2.24) is 4.98 Å². The van der Waals surface area contributed by atoms with Crippen LogP contribution in [0.15, 0.2) is 18.3 Å². The van der Waals surface area contributed by atoms with E-state index in [1.54, 1.807) is 17.2 Å². The molecule has 1 saturated carbocycles. The lowest BCUT2D eigenvalue weighted by atomic mass is 9.86. The number of carbonyl (C=O) groups is 1. The molecule has 0 radical (unpaired) electrons. The largest absolute Gasteiger partial charge is 0.397 e. The third kappa shape index (κ3) is 3.69. The maximum Gasteiger partial charge on any atom is 0.228 e. The van der Waals surface area contributed by atoms with Crippen molar-refractivity contribution < 1.29 is 4.79 Å². The molecule has 1 aromatic heterocycles. The zero-order chi connectivity index (χ0) is 13.7. The Labute approximate surface area is 115 Å². The molecule has 1 aromatic rings. The van der Waals surface area contributed by atoms with E-state index in [1.165, 1.54) is 32.1 Å². The predicted octanol–water partition coefficient (Wildman–Crippen LogP) is 2.99. The van der Waals surface area contributed by atoms with Crippen molar-refractivity contribution in [3.8, 4) is 0 Å². The number of rotatable bonds is 4. The van der Waals surface area contributed by atoms with Gasteiger partial charge < -0.3 is 5.73 Å². The number of nitrogen functional groups attached to an aromatic ring is 1. The first-order valence-corrected chi connectivity index (χ1v) is 7.22. The minimum absolute atomic E-state index is 0.187. The van der Waals surface area contributed by atoms with Crippen molar-refractivity contribution in [2.24, 2.45) is 5.92 Å². The van der Waals surface area contributed by atoms with Crippen LogP contribution in [0.2, 0.25) is 0 Å². The van der Waals surface area contributed by atoms with E-state index < -0.39 is 0 Å².